The first-order valence-corrected chi connectivity index (χ1v) is 7.39. The number of benzene rings is 2. The molecule has 0 aliphatic heterocycles. The molecule has 2 nitrogen and oxygen atoms in total. The van der Waals surface area contributed by atoms with Crippen LogP contribution in [0.4, 0.5) is 10.1 Å². The minimum Gasteiger partial charge on any atom is -0.378 e. The lowest BCUT2D eigenvalue weighted by Gasteiger charge is -2.05. The Morgan fingerprint density at radius 2 is 2.05 bits per heavy atom. The summed E-state index contributed by atoms with van der Waals surface area (Å²) >= 11 is 7.14. The van der Waals surface area contributed by atoms with Gasteiger partial charge in [0.05, 0.1) is 10.7 Å². The highest BCUT2D eigenvalue weighted by atomic mass is 35.5. The van der Waals surface area contributed by atoms with Crippen molar-refractivity contribution in [2.45, 2.75) is 12.7 Å². The number of hydrogen-bond acceptors (Lipinski definition) is 2. The van der Waals surface area contributed by atoms with Crippen molar-refractivity contribution in [3.8, 4) is 0 Å². The van der Waals surface area contributed by atoms with E-state index in [0.29, 0.717) is 10.9 Å². The largest absolute Gasteiger partial charge is 0.378 e. The molecule has 0 aromatic heterocycles. The summed E-state index contributed by atoms with van der Waals surface area (Å²) in [5, 5.41) is 0.471. The number of nitrogens with two attached hydrogens (primary N) is 1. The standard InChI is InChI=1S/C15H14ClFN2S/c1-10-4-2-3-5-11(10)9-20-15(18)19-12-6-7-14(17)13(16)8-12/h2-8H,9H2,1H3,(H2,18,19). The Labute approximate surface area is 126 Å². The van der Waals surface area contributed by atoms with Crippen LogP contribution in [0.25, 0.3) is 0 Å². The van der Waals surface area contributed by atoms with E-state index in [9.17, 15) is 4.39 Å². The second kappa shape index (κ2) is 6.77. The normalized spacial score (nSPS) is 11.7. The van der Waals surface area contributed by atoms with Gasteiger partial charge in [0.15, 0.2) is 5.17 Å². The number of rotatable bonds is 3. The Hall–Kier alpha value is -1.52. The Morgan fingerprint density at radius 1 is 1.30 bits per heavy atom. The molecule has 2 aromatic rings. The number of amidine groups is 1. The number of hydrogen-bond donors (Lipinski definition) is 1. The van der Waals surface area contributed by atoms with Gasteiger partial charge < -0.3 is 5.73 Å². The highest BCUT2D eigenvalue weighted by Crippen LogP contribution is 2.23. The molecule has 0 aliphatic rings. The van der Waals surface area contributed by atoms with Gasteiger partial charge in [-0.3, -0.25) is 0 Å². The van der Waals surface area contributed by atoms with Crippen molar-refractivity contribution in [2.24, 2.45) is 10.7 Å². The zero-order valence-corrected chi connectivity index (χ0v) is 12.5. The van der Waals surface area contributed by atoms with Crippen LogP contribution in [0, 0.1) is 12.7 Å². The third kappa shape index (κ3) is 3.99. The first kappa shape index (κ1) is 14.9. The smallest absolute Gasteiger partial charge is 0.159 e. The summed E-state index contributed by atoms with van der Waals surface area (Å²) in [6.07, 6.45) is 0. The molecule has 5 heteroatoms. The third-order valence-electron chi connectivity index (χ3n) is 2.78. The number of nitrogens with zero attached hydrogens (tertiary/aromatic N) is 1. The molecule has 104 valence electrons. The predicted octanol–water partition coefficient (Wildman–Crippen LogP) is 4.67. The lowest BCUT2D eigenvalue weighted by Crippen LogP contribution is -2.06. The second-order valence-corrected chi connectivity index (χ2v) is 5.67. The van der Waals surface area contributed by atoms with E-state index in [-0.39, 0.29) is 5.02 Å². The van der Waals surface area contributed by atoms with E-state index in [1.165, 1.54) is 35.0 Å². The van der Waals surface area contributed by atoms with Gasteiger partial charge in [-0.15, -0.1) is 0 Å². The monoisotopic (exact) mass is 308 g/mol. The van der Waals surface area contributed by atoms with Crippen molar-refractivity contribution in [1.82, 2.24) is 0 Å². The van der Waals surface area contributed by atoms with Crippen molar-refractivity contribution in [2.75, 3.05) is 0 Å². The SMILES string of the molecule is Cc1ccccc1CSC(N)=Nc1ccc(F)c(Cl)c1. The van der Waals surface area contributed by atoms with Gasteiger partial charge in [-0.05, 0) is 36.2 Å². The number of thioether (sulfide) groups is 1. The quantitative estimate of drug-likeness (QED) is 0.661. The summed E-state index contributed by atoms with van der Waals surface area (Å²) in [6, 6.07) is 12.4. The van der Waals surface area contributed by atoms with E-state index in [1.807, 2.05) is 12.1 Å². The summed E-state index contributed by atoms with van der Waals surface area (Å²) in [6.45, 7) is 2.06. The molecule has 0 fully saturated rings. The average molecular weight is 309 g/mol. The van der Waals surface area contributed by atoms with Crippen LogP contribution < -0.4 is 5.73 Å². The van der Waals surface area contributed by atoms with Gasteiger partial charge in [0.25, 0.3) is 0 Å². The zero-order valence-electron chi connectivity index (χ0n) is 10.9. The molecule has 0 amide bonds. The van der Waals surface area contributed by atoms with Gasteiger partial charge in [0.2, 0.25) is 0 Å². The van der Waals surface area contributed by atoms with Crippen LogP contribution in [-0.2, 0) is 5.75 Å². The number of aliphatic imine (C=N–C) groups is 1. The molecule has 0 saturated heterocycles. The summed E-state index contributed by atoms with van der Waals surface area (Å²) < 4.78 is 13.0. The Balaban J connectivity index is 2.04. The van der Waals surface area contributed by atoms with Crippen LogP contribution in [-0.4, -0.2) is 5.17 Å². The number of halogens is 2. The first-order valence-electron chi connectivity index (χ1n) is 6.03. The molecule has 0 atom stereocenters. The van der Waals surface area contributed by atoms with E-state index < -0.39 is 5.82 Å². The molecule has 0 aliphatic carbocycles. The molecule has 0 bridgehead atoms. The van der Waals surface area contributed by atoms with E-state index >= 15 is 0 Å². The molecule has 0 heterocycles. The molecule has 2 aromatic carbocycles. The van der Waals surface area contributed by atoms with Crippen molar-refractivity contribution in [3.63, 3.8) is 0 Å². The van der Waals surface area contributed by atoms with Gasteiger partial charge in [-0.1, -0.05) is 47.6 Å². The van der Waals surface area contributed by atoms with E-state index in [4.69, 9.17) is 17.3 Å². The van der Waals surface area contributed by atoms with Gasteiger partial charge in [-0.25, -0.2) is 9.38 Å². The highest BCUT2D eigenvalue weighted by molar-refractivity contribution is 8.13. The van der Waals surface area contributed by atoms with Gasteiger partial charge >= 0.3 is 0 Å². The summed E-state index contributed by atoms with van der Waals surface area (Å²) in [4.78, 5) is 4.21. The first-order chi connectivity index (χ1) is 9.56. The lowest BCUT2D eigenvalue weighted by atomic mass is 10.1. The van der Waals surface area contributed by atoms with Crippen LogP contribution in [0.15, 0.2) is 47.5 Å². The van der Waals surface area contributed by atoms with Crippen molar-refractivity contribution in [1.29, 1.82) is 0 Å². The minimum absolute atomic E-state index is 0.0444. The Kier molecular flexibility index (Phi) is 5.04. The van der Waals surface area contributed by atoms with Crippen LogP contribution in [0.5, 0.6) is 0 Å². The maximum atomic E-state index is 13.0. The molecular weight excluding hydrogens is 295 g/mol. The van der Waals surface area contributed by atoms with Gasteiger partial charge in [0, 0.05) is 5.75 Å². The molecule has 0 radical (unpaired) electrons. The summed E-state index contributed by atoms with van der Waals surface area (Å²) in [7, 11) is 0. The van der Waals surface area contributed by atoms with Crippen molar-refractivity contribution < 1.29 is 4.39 Å². The fraction of sp³-hybridized carbons (Fsp3) is 0.133. The van der Waals surface area contributed by atoms with E-state index in [2.05, 4.69) is 24.0 Å². The summed E-state index contributed by atoms with van der Waals surface area (Å²) in [5.74, 6) is 0.286. The van der Waals surface area contributed by atoms with Gasteiger partial charge in [0.1, 0.15) is 5.82 Å². The highest BCUT2D eigenvalue weighted by Gasteiger charge is 2.03. The maximum absolute atomic E-state index is 13.0. The molecule has 0 saturated carbocycles. The van der Waals surface area contributed by atoms with Crippen LogP contribution in [0.1, 0.15) is 11.1 Å². The fourth-order valence-corrected chi connectivity index (χ4v) is 2.61. The maximum Gasteiger partial charge on any atom is 0.159 e. The zero-order chi connectivity index (χ0) is 14.5. The van der Waals surface area contributed by atoms with Crippen LogP contribution in [0.2, 0.25) is 5.02 Å². The van der Waals surface area contributed by atoms with E-state index in [1.54, 1.807) is 6.07 Å². The fourth-order valence-electron chi connectivity index (χ4n) is 1.64. The number of aryl methyl sites for hydroxylation is 1. The third-order valence-corrected chi connectivity index (χ3v) is 3.91. The molecule has 20 heavy (non-hydrogen) atoms. The predicted molar refractivity (Wildman–Crippen MR) is 85.2 cm³/mol. The molecular formula is C15H14ClFN2S. The second-order valence-electron chi connectivity index (χ2n) is 4.26. The molecule has 0 spiro atoms. The van der Waals surface area contributed by atoms with Crippen LogP contribution >= 0.6 is 23.4 Å². The lowest BCUT2D eigenvalue weighted by molar-refractivity contribution is 0.628. The molecule has 2 rings (SSSR count). The topological polar surface area (TPSA) is 38.4 Å². The van der Waals surface area contributed by atoms with Crippen LogP contribution in [0.3, 0.4) is 0 Å². The summed E-state index contributed by atoms with van der Waals surface area (Å²) in [5.41, 5.74) is 8.85. The van der Waals surface area contributed by atoms with Crippen molar-refractivity contribution >= 4 is 34.2 Å². The molecule has 2 N–H and O–H groups in total. The van der Waals surface area contributed by atoms with E-state index in [0.717, 1.165) is 5.75 Å². The minimum atomic E-state index is -0.461. The Bertz CT molecular complexity index is 644. The van der Waals surface area contributed by atoms with Crippen molar-refractivity contribution in [3.05, 3.63) is 64.4 Å². The Morgan fingerprint density at radius 3 is 2.75 bits per heavy atom. The average Bonchev–Trinajstić information content (AvgIpc) is 2.42. The molecule has 0 unspecified atom stereocenters. The van der Waals surface area contributed by atoms with Gasteiger partial charge in [-0.2, -0.15) is 0 Å².